The van der Waals surface area contributed by atoms with Gasteiger partial charge in [0.25, 0.3) is 0 Å². The third kappa shape index (κ3) is 3.34. The molecule has 1 atom stereocenters. The van der Waals surface area contributed by atoms with Crippen LogP contribution in [0.15, 0.2) is 42.5 Å². The molecule has 3 heteroatoms. The number of likely N-dealkylation sites (N-methyl/N-ethyl adjacent to an activating group) is 1. The Morgan fingerprint density at radius 3 is 1.92 bits per heavy atom. The lowest BCUT2D eigenvalue weighted by Gasteiger charge is -2.44. The maximum absolute atomic E-state index is 13.3. The standard InChI is InChI=1S/C22H30N2O/c1-15-13-16(2)19(17(3)14-15)21(4,5)22(6,23)20(25)24(7)18-11-9-8-10-12-18/h8-14H,23H2,1-7H3. The smallest absolute Gasteiger partial charge is 0.247 e. The number of amides is 1. The Balaban J connectivity index is 2.48. The molecule has 0 bridgehead atoms. The number of nitrogens with zero attached hydrogens (tertiary/aromatic N) is 1. The van der Waals surface area contributed by atoms with Crippen LogP contribution < -0.4 is 10.6 Å². The summed E-state index contributed by atoms with van der Waals surface area (Å²) in [5, 5.41) is 0. The van der Waals surface area contributed by atoms with Crippen LogP contribution >= 0.6 is 0 Å². The van der Waals surface area contributed by atoms with Crippen molar-refractivity contribution in [2.75, 3.05) is 11.9 Å². The van der Waals surface area contributed by atoms with Crippen molar-refractivity contribution in [3.05, 3.63) is 64.7 Å². The first kappa shape index (κ1) is 19.2. The second-order valence-electron chi connectivity index (χ2n) is 7.80. The number of hydrogen-bond donors (Lipinski definition) is 1. The first-order valence-electron chi connectivity index (χ1n) is 8.70. The van der Waals surface area contributed by atoms with Crippen LogP contribution in [0.5, 0.6) is 0 Å². The van der Waals surface area contributed by atoms with Gasteiger partial charge in [-0.3, -0.25) is 4.79 Å². The lowest BCUT2D eigenvalue weighted by atomic mass is 9.66. The molecule has 25 heavy (non-hydrogen) atoms. The van der Waals surface area contributed by atoms with Crippen molar-refractivity contribution >= 4 is 11.6 Å². The number of benzene rings is 2. The summed E-state index contributed by atoms with van der Waals surface area (Å²) in [6.07, 6.45) is 0. The highest BCUT2D eigenvalue weighted by Crippen LogP contribution is 2.39. The van der Waals surface area contributed by atoms with Crippen LogP contribution in [0.25, 0.3) is 0 Å². The fraction of sp³-hybridized carbons (Fsp3) is 0.409. The molecule has 1 amide bonds. The van der Waals surface area contributed by atoms with Gasteiger partial charge in [-0.15, -0.1) is 0 Å². The second kappa shape index (κ2) is 6.64. The summed E-state index contributed by atoms with van der Waals surface area (Å²) in [6, 6.07) is 13.9. The van der Waals surface area contributed by atoms with Crippen LogP contribution in [0.3, 0.4) is 0 Å². The average Bonchev–Trinajstić information content (AvgIpc) is 2.52. The molecule has 0 fully saturated rings. The number of anilines is 1. The van der Waals surface area contributed by atoms with E-state index in [0.29, 0.717) is 0 Å². The predicted molar refractivity (Wildman–Crippen MR) is 106 cm³/mol. The first-order valence-corrected chi connectivity index (χ1v) is 8.70. The molecule has 2 aromatic rings. The van der Waals surface area contributed by atoms with Crippen LogP contribution in [0.4, 0.5) is 5.69 Å². The fourth-order valence-electron chi connectivity index (χ4n) is 3.81. The Bertz CT molecular complexity index is 753. The minimum absolute atomic E-state index is 0.0944. The van der Waals surface area contributed by atoms with Crippen molar-refractivity contribution in [2.24, 2.45) is 5.73 Å². The normalized spacial score (nSPS) is 14.1. The molecule has 0 aliphatic heterocycles. The van der Waals surface area contributed by atoms with E-state index in [9.17, 15) is 4.79 Å². The topological polar surface area (TPSA) is 46.3 Å². The minimum atomic E-state index is -1.05. The zero-order valence-electron chi connectivity index (χ0n) is 16.5. The Morgan fingerprint density at radius 1 is 0.960 bits per heavy atom. The van der Waals surface area contributed by atoms with Crippen LogP contribution in [-0.2, 0) is 10.2 Å². The van der Waals surface area contributed by atoms with E-state index in [1.165, 1.54) is 16.7 Å². The third-order valence-electron chi connectivity index (χ3n) is 5.49. The number of para-hydroxylation sites is 1. The molecule has 2 N–H and O–H groups in total. The van der Waals surface area contributed by atoms with E-state index >= 15 is 0 Å². The fourth-order valence-corrected chi connectivity index (χ4v) is 3.81. The molecule has 0 saturated carbocycles. The van der Waals surface area contributed by atoms with Crippen LogP contribution in [-0.4, -0.2) is 18.5 Å². The molecule has 0 spiro atoms. The number of carbonyl (C=O) groups excluding carboxylic acids is 1. The molecular formula is C22H30N2O. The van der Waals surface area contributed by atoms with E-state index in [-0.39, 0.29) is 5.91 Å². The van der Waals surface area contributed by atoms with E-state index in [4.69, 9.17) is 5.73 Å². The first-order chi connectivity index (χ1) is 11.5. The van der Waals surface area contributed by atoms with Crippen molar-refractivity contribution < 1.29 is 4.79 Å². The monoisotopic (exact) mass is 338 g/mol. The highest BCUT2D eigenvalue weighted by molar-refractivity contribution is 6.00. The predicted octanol–water partition coefficient (Wildman–Crippen LogP) is 4.27. The summed E-state index contributed by atoms with van der Waals surface area (Å²) in [5.74, 6) is -0.0944. The zero-order chi connectivity index (χ0) is 19.0. The van der Waals surface area contributed by atoms with Gasteiger partial charge in [-0.1, -0.05) is 49.7 Å². The maximum Gasteiger partial charge on any atom is 0.247 e. The van der Waals surface area contributed by atoms with Crippen LogP contribution in [0.2, 0.25) is 0 Å². The minimum Gasteiger partial charge on any atom is -0.317 e. The highest BCUT2D eigenvalue weighted by atomic mass is 16.2. The van der Waals surface area contributed by atoms with Crippen molar-refractivity contribution in [3.63, 3.8) is 0 Å². The Hall–Kier alpha value is -2.13. The molecular weight excluding hydrogens is 308 g/mol. The van der Waals surface area contributed by atoms with Gasteiger partial charge in [0.1, 0.15) is 5.54 Å². The summed E-state index contributed by atoms with van der Waals surface area (Å²) in [5.41, 5.74) is 10.7. The molecule has 0 aliphatic carbocycles. The number of aryl methyl sites for hydroxylation is 3. The number of rotatable bonds is 4. The highest BCUT2D eigenvalue weighted by Gasteiger charge is 2.47. The van der Waals surface area contributed by atoms with E-state index in [2.05, 4.69) is 46.8 Å². The zero-order valence-corrected chi connectivity index (χ0v) is 16.5. The van der Waals surface area contributed by atoms with E-state index < -0.39 is 11.0 Å². The van der Waals surface area contributed by atoms with Gasteiger partial charge in [0.2, 0.25) is 5.91 Å². The maximum atomic E-state index is 13.3. The molecule has 2 rings (SSSR count). The van der Waals surface area contributed by atoms with Gasteiger partial charge in [0.05, 0.1) is 0 Å². The van der Waals surface area contributed by atoms with E-state index in [1.807, 2.05) is 37.3 Å². The van der Waals surface area contributed by atoms with Crippen molar-refractivity contribution in [1.82, 2.24) is 0 Å². The summed E-state index contributed by atoms with van der Waals surface area (Å²) < 4.78 is 0. The number of hydrogen-bond acceptors (Lipinski definition) is 2. The van der Waals surface area contributed by atoms with E-state index in [1.54, 1.807) is 11.9 Å². The molecule has 0 heterocycles. The molecule has 1 unspecified atom stereocenters. The van der Waals surface area contributed by atoms with Crippen LogP contribution in [0.1, 0.15) is 43.0 Å². The molecule has 2 aromatic carbocycles. The van der Waals surface area contributed by atoms with Gasteiger partial charge in [-0.2, -0.15) is 0 Å². The molecule has 0 saturated heterocycles. The Morgan fingerprint density at radius 2 is 1.44 bits per heavy atom. The SMILES string of the molecule is Cc1cc(C)c(C(C)(C)C(C)(N)C(=O)N(C)c2ccccc2)c(C)c1. The Kier molecular flexibility index (Phi) is 5.10. The third-order valence-corrected chi connectivity index (χ3v) is 5.49. The summed E-state index contributed by atoms with van der Waals surface area (Å²) in [7, 11) is 1.79. The lowest BCUT2D eigenvalue weighted by molar-refractivity contribution is -0.125. The van der Waals surface area contributed by atoms with Crippen molar-refractivity contribution in [2.45, 2.75) is 52.5 Å². The molecule has 0 radical (unpaired) electrons. The van der Waals surface area contributed by atoms with Gasteiger partial charge in [-0.05, 0) is 56.5 Å². The quantitative estimate of drug-likeness (QED) is 0.905. The summed E-state index contributed by atoms with van der Waals surface area (Å²) >= 11 is 0. The molecule has 0 aromatic heterocycles. The lowest BCUT2D eigenvalue weighted by Crippen LogP contribution is -2.63. The molecule has 134 valence electrons. The largest absolute Gasteiger partial charge is 0.317 e. The average molecular weight is 338 g/mol. The van der Waals surface area contributed by atoms with Crippen LogP contribution in [0, 0.1) is 20.8 Å². The van der Waals surface area contributed by atoms with E-state index in [0.717, 1.165) is 11.3 Å². The van der Waals surface area contributed by atoms with Gasteiger partial charge in [0, 0.05) is 18.2 Å². The van der Waals surface area contributed by atoms with Gasteiger partial charge in [-0.25, -0.2) is 0 Å². The number of carbonyl (C=O) groups is 1. The summed E-state index contributed by atoms with van der Waals surface area (Å²) in [6.45, 7) is 12.3. The second-order valence-corrected chi connectivity index (χ2v) is 7.80. The van der Waals surface area contributed by atoms with Crippen molar-refractivity contribution in [1.29, 1.82) is 0 Å². The molecule has 0 aliphatic rings. The Labute approximate surface area is 151 Å². The number of nitrogens with two attached hydrogens (primary N) is 1. The van der Waals surface area contributed by atoms with Gasteiger partial charge >= 0.3 is 0 Å². The van der Waals surface area contributed by atoms with Gasteiger partial charge in [0.15, 0.2) is 0 Å². The van der Waals surface area contributed by atoms with Gasteiger partial charge < -0.3 is 10.6 Å². The summed E-state index contributed by atoms with van der Waals surface area (Å²) in [4.78, 5) is 14.9. The van der Waals surface area contributed by atoms with Crippen molar-refractivity contribution in [3.8, 4) is 0 Å². The molecule has 3 nitrogen and oxygen atoms in total.